The Morgan fingerprint density at radius 2 is 1.86 bits per heavy atom. The third-order valence-electron chi connectivity index (χ3n) is 3.05. The Bertz CT molecular complexity index is 632. The first-order valence-corrected chi connectivity index (χ1v) is 7.04. The molecule has 1 unspecified atom stereocenters. The molecular weight excluding hydrogens is 288 g/mol. The minimum Gasteiger partial charge on any atom is -0.478 e. The van der Waals surface area contributed by atoms with Gasteiger partial charge in [-0.1, -0.05) is 47.0 Å². The number of hydrogen-bond donors (Lipinski definition) is 1. The van der Waals surface area contributed by atoms with Crippen molar-refractivity contribution in [1.29, 1.82) is 0 Å². The van der Waals surface area contributed by atoms with Crippen molar-refractivity contribution >= 4 is 17.6 Å². The molecular formula is C17H17ClO3. The highest BCUT2D eigenvalue weighted by Crippen LogP contribution is 2.20. The number of halogens is 1. The molecule has 1 N–H and O–H groups in total. The molecule has 2 aromatic rings. The molecule has 0 bridgehead atoms. The monoisotopic (exact) mass is 304 g/mol. The molecule has 0 saturated carbocycles. The van der Waals surface area contributed by atoms with Crippen LogP contribution in [-0.4, -0.2) is 17.2 Å². The van der Waals surface area contributed by atoms with Gasteiger partial charge in [0.2, 0.25) is 0 Å². The smallest absolute Gasteiger partial charge is 0.345 e. The SMILES string of the molecule is Cc1cc(C)cc(CC(Oc2cccc(Cl)c2)C(=O)O)c1. The number of aryl methyl sites for hydroxylation is 2. The van der Waals surface area contributed by atoms with Gasteiger partial charge < -0.3 is 9.84 Å². The predicted octanol–water partition coefficient (Wildman–Crippen LogP) is 4.03. The highest BCUT2D eigenvalue weighted by atomic mass is 35.5. The zero-order valence-electron chi connectivity index (χ0n) is 12.0. The van der Waals surface area contributed by atoms with Crippen molar-refractivity contribution in [3.63, 3.8) is 0 Å². The molecule has 4 heteroatoms. The largest absolute Gasteiger partial charge is 0.478 e. The summed E-state index contributed by atoms with van der Waals surface area (Å²) >= 11 is 5.88. The van der Waals surface area contributed by atoms with E-state index in [4.69, 9.17) is 16.3 Å². The van der Waals surface area contributed by atoms with E-state index in [0.717, 1.165) is 16.7 Å². The standard InChI is InChI=1S/C17H17ClO3/c1-11-6-12(2)8-13(7-11)9-16(17(19)20)21-15-5-3-4-14(18)10-15/h3-8,10,16H,9H2,1-2H3,(H,19,20). The summed E-state index contributed by atoms with van der Waals surface area (Å²) in [4.78, 5) is 11.4. The number of aliphatic carboxylic acids is 1. The Morgan fingerprint density at radius 3 is 2.43 bits per heavy atom. The summed E-state index contributed by atoms with van der Waals surface area (Å²) in [5.74, 6) is -0.534. The van der Waals surface area contributed by atoms with Crippen LogP contribution >= 0.6 is 11.6 Å². The molecule has 21 heavy (non-hydrogen) atoms. The van der Waals surface area contributed by atoms with Crippen molar-refractivity contribution in [3.05, 3.63) is 64.2 Å². The first kappa shape index (κ1) is 15.4. The fourth-order valence-corrected chi connectivity index (χ4v) is 2.47. The summed E-state index contributed by atoms with van der Waals surface area (Å²) in [6.07, 6.45) is -0.630. The second-order valence-electron chi connectivity index (χ2n) is 5.10. The topological polar surface area (TPSA) is 46.5 Å². The maximum atomic E-state index is 11.4. The summed E-state index contributed by atoms with van der Waals surface area (Å²) in [5, 5.41) is 9.86. The maximum absolute atomic E-state index is 11.4. The predicted molar refractivity (Wildman–Crippen MR) is 83.1 cm³/mol. The summed E-state index contributed by atoms with van der Waals surface area (Å²) < 4.78 is 5.56. The van der Waals surface area contributed by atoms with Crippen LogP contribution in [0.25, 0.3) is 0 Å². The molecule has 110 valence electrons. The van der Waals surface area contributed by atoms with E-state index in [0.29, 0.717) is 17.2 Å². The normalized spacial score (nSPS) is 12.0. The van der Waals surface area contributed by atoms with Gasteiger partial charge in [-0.2, -0.15) is 0 Å². The van der Waals surface area contributed by atoms with Crippen molar-refractivity contribution in [2.75, 3.05) is 0 Å². The quantitative estimate of drug-likeness (QED) is 0.907. The molecule has 0 amide bonds. The third-order valence-corrected chi connectivity index (χ3v) is 3.29. The van der Waals surface area contributed by atoms with Crippen molar-refractivity contribution in [2.24, 2.45) is 0 Å². The molecule has 0 aromatic heterocycles. The van der Waals surface area contributed by atoms with Crippen LogP contribution in [0.15, 0.2) is 42.5 Å². The lowest BCUT2D eigenvalue weighted by atomic mass is 10.0. The molecule has 0 saturated heterocycles. The van der Waals surface area contributed by atoms with Crippen LogP contribution in [0.5, 0.6) is 5.75 Å². The van der Waals surface area contributed by atoms with Crippen LogP contribution in [0.3, 0.4) is 0 Å². The van der Waals surface area contributed by atoms with Gasteiger partial charge in [0, 0.05) is 11.4 Å². The first-order chi connectivity index (χ1) is 9.94. The van der Waals surface area contributed by atoms with Crippen molar-refractivity contribution in [1.82, 2.24) is 0 Å². The van der Waals surface area contributed by atoms with Crippen molar-refractivity contribution in [3.8, 4) is 5.75 Å². The number of carbonyl (C=O) groups is 1. The van der Waals surface area contributed by atoms with Crippen LogP contribution in [0.2, 0.25) is 5.02 Å². The van der Waals surface area contributed by atoms with E-state index in [1.165, 1.54) is 0 Å². The Labute approximate surface area is 129 Å². The van der Waals surface area contributed by atoms with Gasteiger partial charge in [-0.15, -0.1) is 0 Å². The second kappa shape index (κ2) is 6.64. The molecule has 0 aliphatic rings. The van der Waals surface area contributed by atoms with Crippen LogP contribution in [0.1, 0.15) is 16.7 Å². The van der Waals surface area contributed by atoms with E-state index in [-0.39, 0.29) is 0 Å². The molecule has 0 radical (unpaired) electrons. The third kappa shape index (κ3) is 4.50. The van der Waals surface area contributed by atoms with Crippen molar-refractivity contribution < 1.29 is 14.6 Å². The van der Waals surface area contributed by atoms with Crippen LogP contribution in [0.4, 0.5) is 0 Å². The van der Waals surface area contributed by atoms with E-state index < -0.39 is 12.1 Å². The molecule has 0 spiro atoms. The first-order valence-electron chi connectivity index (χ1n) is 6.66. The number of hydrogen-bond acceptors (Lipinski definition) is 2. The molecule has 1 atom stereocenters. The van der Waals surface area contributed by atoms with Gasteiger partial charge in [0.15, 0.2) is 6.10 Å². The summed E-state index contributed by atoms with van der Waals surface area (Å²) in [7, 11) is 0. The van der Waals surface area contributed by atoms with E-state index in [1.807, 2.05) is 26.0 Å². The zero-order valence-corrected chi connectivity index (χ0v) is 12.7. The highest BCUT2D eigenvalue weighted by Gasteiger charge is 2.20. The number of benzene rings is 2. The summed E-state index contributed by atoms with van der Waals surface area (Å²) in [6.45, 7) is 3.98. The number of rotatable bonds is 5. The molecule has 0 heterocycles. The Hall–Kier alpha value is -2.00. The lowest BCUT2D eigenvalue weighted by molar-refractivity contribution is -0.145. The van der Waals surface area contributed by atoms with Gasteiger partial charge in [0.1, 0.15) is 5.75 Å². The molecule has 2 aromatic carbocycles. The second-order valence-corrected chi connectivity index (χ2v) is 5.54. The maximum Gasteiger partial charge on any atom is 0.345 e. The minimum atomic E-state index is -0.992. The van der Waals surface area contributed by atoms with Gasteiger partial charge in [-0.3, -0.25) is 0 Å². The van der Waals surface area contributed by atoms with E-state index in [9.17, 15) is 9.90 Å². The number of ether oxygens (including phenoxy) is 1. The fourth-order valence-electron chi connectivity index (χ4n) is 2.28. The Morgan fingerprint density at radius 1 is 1.19 bits per heavy atom. The average Bonchev–Trinajstić information content (AvgIpc) is 2.36. The number of carboxylic acids is 1. The Balaban J connectivity index is 2.17. The zero-order chi connectivity index (χ0) is 15.4. The average molecular weight is 305 g/mol. The van der Waals surface area contributed by atoms with E-state index in [2.05, 4.69) is 6.07 Å². The van der Waals surface area contributed by atoms with Gasteiger partial charge >= 0.3 is 5.97 Å². The Kier molecular flexibility index (Phi) is 4.86. The summed E-state index contributed by atoms with van der Waals surface area (Å²) in [6, 6.07) is 12.8. The molecule has 0 fully saturated rings. The molecule has 3 nitrogen and oxygen atoms in total. The minimum absolute atomic E-state index is 0.310. The van der Waals surface area contributed by atoms with Gasteiger partial charge in [0.05, 0.1) is 0 Å². The van der Waals surface area contributed by atoms with E-state index in [1.54, 1.807) is 24.3 Å². The molecule has 0 aliphatic carbocycles. The lowest BCUT2D eigenvalue weighted by Gasteiger charge is -2.16. The highest BCUT2D eigenvalue weighted by molar-refractivity contribution is 6.30. The molecule has 0 aliphatic heterocycles. The van der Waals surface area contributed by atoms with Gasteiger partial charge in [-0.25, -0.2) is 4.79 Å². The summed E-state index contributed by atoms with van der Waals surface area (Å²) in [5.41, 5.74) is 3.16. The van der Waals surface area contributed by atoms with Crippen molar-refractivity contribution in [2.45, 2.75) is 26.4 Å². The van der Waals surface area contributed by atoms with Gasteiger partial charge in [-0.05, 0) is 37.6 Å². The molecule has 2 rings (SSSR count). The van der Waals surface area contributed by atoms with E-state index >= 15 is 0 Å². The van der Waals surface area contributed by atoms with Crippen LogP contribution in [-0.2, 0) is 11.2 Å². The van der Waals surface area contributed by atoms with Gasteiger partial charge in [0.25, 0.3) is 0 Å². The van der Waals surface area contributed by atoms with Crippen LogP contribution < -0.4 is 4.74 Å². The lowest BCUT2D eigenvalue weighted by Crippen LogP contribution is -2.29. The van der Waals surface area contributed by atoms with Crippen LogP contribution in [0, 0.1) is 13.8 Å². The number of carboxylic acid groups (broad SMARTS) is 1. The fraction of sp³-hybridized carbons (Fsp3) is 0.235.